The van der Waals surface area contributed by atoms with Gasteiger partial charge in [-0.05, 0) is 26.0 Å². The van der Waals surface area contributed by atoms with Crippen molar-refractivity contribution < 1.29 is 4.39 Å². The molecule has 0 saturated carbocycles. The first-order valence-electron chi connectivity index (χ1n) is 6.19. The molecule has 0 bridgehead atoms. The first-order chi connectivity index (χ1) is 9.13. The van der Waals surface area contributed by atoms with Crippen molar-refractivity contribution in [1.29, 1.82) is 0 Å². The maximum absolute atomic E-state index is 13.8. The maximum Gasteiger partial charge on any atom is 0.224 e. The number of nitrogens with zero attached hydrogens (tertiary/aromatic N) is 3. The van der Waals surface area contributed by atoms with Crippen LogP contribution in [0.15, 0.2) is 30.5 Å². The zero-order valence-corrected chi connectivity index (χ0v) is 11.3. The highest BCUT2D eigenvalue weighted by atomic mass is 19.1. The van der Waals surface area contributed by atoms with Crippen molar-refractivity contribution in [3.05, 3.63) is 41.8 Å². The Bertz CT molecular complexity index is 571. The van der Waals surface area contributed by atoms with Crippen LogP contribution in [0.5, 0.6) is 0 Å². The van der Waals surface area contributed by atoms with Gasteiger partial charge in [0.15, 0.2) is 0 Å². The fraction of sp³-hybridized carbons (Fsp3) is 0.286. The van der Waals surface area contributed by atoms with E-state index >= 15 is 0 Å². The van der Waals surface area contributed by atoms with Gasteiger partial charge in [-0.25, -0.2) is 9.37 Å². The summed E-state index contributed by atoms with van der Waals surface area (Å²) in [5.41, 5.74) is 1.39. The van der Waals surface area contributed by atoms with Crippen LogP contribution in [-0.4, -0.2) is 23.6 Å². The molecular formula is C14H17FN4. The maximum atomic E-state index is 13.8. The number of nitrogens with one attached hydrogen (secondary N) is 1. The SMILES string of the molecule is CCNc1ncc(C)c(N(C)c2ccccc2F)n1. The van der Waals surface area contributed by atoms with Gasteiger partial charge in [0.1, 0.15) is 11.6 Å². The van der Waals surface area contributed by atoms with E-state index in [1.54, 1.807) is 36.3 Å². The average molecular weight is 260 g/mol. The molecule has 2 rings (SSSR count). The van der Waals surface area contributed by atoms with E-state index in [0.717, 1.165) is 12.1 Å². The summed E-state index contributed by atoms with van der Waals surface area (Å²) in [6, 6.07) is 6.64. The van der Waals surface area contributed by atoms with Gasteiger partial charge in [0.25, 0.3) is 0 Å². The molecule has 0 spiro atoms. The Kier molecular flexibility index (Phi) is 3.94. The molecule has 1 heterocycles. The number of benzene rings is 1. The summed E-state index contributed by atoms with van der Waals surface area (Å²) < 4.78 is 13.8. The molecule has 1 aromatic carbocycles. The summed E-state index contributed by atoms with van der Waals surface area (Å²) in [5, 5.41) is 3.05. The molecule has 100 valence electrons. The van der Waals surface area contributed by atoms with Crippen LogP contribution in [0, 0.1) is 12.7 Å². The fourth-order valence-electron chi connectivity index (χ4n) is 1.85. The van der Waals surface area contributed by atoms with Crippen molar-refractivity contribution >= 4 is 17.5 Å². The van der Waals surface area contributed by atoms with Gasteiger partial charge in [0, 0.05) is 25.4 Å². The van der Waals surface area contributed by atoms with Crippen LogP contribution in [0.4, 0.5) is 21.8 Å². The molecule has 19 heavy (non-hydrogen) atoms. The lowest BCUT2D eigenvalue weighted by Crippen LogP contribution is -2.16. The molecule has 1 N–H and O–H groups in total. The van der Waals surface area contributed by atoms with Crippen molar-refractivity contribution in [3.63, 3.8) is 0 Å². The van der Waals surface area contributed by atoms with Crippen LogP contribution in [-0.2, 0) is 0 Å². The topological polar surface area (TPSA) is 41.1 Å². The second kappa shape index (κ2) is 5.65. The lowest BCUT2D eigenvalue weighted by atomic mass is 10.2. The van der Waals surface area contributed by atoms with E-state index < -0.39 is 0 Å². The molecule has 0 fully saturated rings. The van der Waals surface area contributed by atoms with Gasteiger partial charge in [-0.15, -0.1) is 0 Å². The second-order valence-corrected chi connectivity index (χ2v) is 4.24. The van der Waals surface area contributed by atoms with Crippen LogP contribution in [0.3, 0.4) is 0 Å². The van der Waals surface area contributed by atoms with Gasteiger partial charge in [0.05, 0.1) is 5.69 Å². The Labute approximate surface area is 112 Å². The Morgan fingerprint density at radius 1 is 1.32 bits per heavy atom. The molecule has 4 nitrogen and oxygen atoms in total. The van der Waals surface area contributed by atoms with E-state index in [2.05, 4.69) is 15.3 Å². The number of hydrogen-bond acceptors (Lipinski definition) is 4. The van der Waals surface area contributed by atoms with E-state index in [1.165, 1.54) is 6.07 Å². The monoisotopic (exact) mass is 260 g/mol. The molecule has 1 aromatic heterocycles. The lowest BCUT2D eigenvalue weighted by Gasteiger charge is -2.21. The Morgan fingerprint density at radius 2 is 2.05 bits per heavy atom. The highest BCUT2D eigenvalue weighted by Crippen LogP contribution is 2.27. The molecule has 0 atom stereocenters. The van der Waals surface area contributed by atoms with Crippen molar-refractivity contribution in [3.8, 4) is 0 Å². The third-order valence-electron chi connectivity index (χ3n) is 2.81. The normalized spacial score (nSPS) is 10.3. The van der Waals surface area contributed by atoms with Crippen LogP contribution in [0.25, 0.3) is 0 Å². The third-order valence-corrected chi connectivity index (χ3v) is 2.81. The highest BCUT2D eigenvalue weighted by Gasteiger charge is 2.13. The van der Waals surface area contributed by atoms with Gasteiger partial charge in [0.2, 0.25) is 5.95 Å². The minimum Gasteiger partial charge on any atom is -0.354 e. The van der Waals surface area contributed by atoms with Gasteiger partial charge in [-0.2, -0.15) is 4.98 Å². The van der Waals surface area contributed by atoms with Gasteiger partial charge < -0.3 is 10.2 Å². The van der Waals surface area contributed by atoms with E-state index in [4.69, 9.17) is 0 Å². The molecule has 0 unspecified atom stereocenters. The summed E-state index contributed by atoms with van der Waals surface area (Å²) in [7, 11) is 1.80. The number of aromatic nitrogens is 2. The summed E-state index contributed by atoms with van der Waals surface area (Å²) in [6.45, 7) is 4.62. The molecule has 5 heteroatoms. The minimum atomic E-state index is -0.270. The van der Waals surface area contributed by atoms with E-state index in [9.17, 15) is 4.39 Å². The number of halogens is 1. The molecule has 0 aliphatic rings. The number of hydrogen-bond donors (Lipinski definition) is 1. The van der Waals surface area contributed by atoms with Crippen molar-refractivity contribution in [2.75, 3.05) is 23.8 Å². The van der Waals surface area contributed by atoms with Crippen LogP contribution in [0.2, 0.25) is 0 Å². The summed E-state index contributed by atoms with van der Waals surface area (Å²) in [5.74, 6) is 0.968. The van der Waals surface area contributed by atoms with Crippen molar-refractivity contribution in [1.82, 2.24) is 9.97 Å². The summed E-state index contributed by atoms with van der Waals surface area (Å²) in [6.07, 6.45) is 1.73. The molecule has 0 aliphatic heterocycles. The van der Waals surface area contributed by atoms with E-state index in [1.807, 2.05) is 13.8 Å². The first kappa shape index (κ1) is 13.3. The lowest BCUT2D eigenvalue weighted by molar-refractivity contribution is 0.627. The van der Waals surface area contributed by atoms with E-state index in [0.29, 0.717) is 17.5 Å². The molecule has 0 aliphatic carbocycles. The van der Waals surface area contributed by atoms with Crippen LogP contribution >= 0.6 is 0 Å². The third kappa shape index (κ3) is 2.81. The van der Waals surface area contributed by atoms with Crippen LogP contribution < -0.4 is 10.2 Å². The largest absolute Gasteiger partial charge is 0.354 e. The Morgan fingerprint density at radius 3 is 2.74 bits per heavy atom. The minimum absolute atomic E-state index is 0.270. The standard InChI is InChI=1S/C14H17FN4/c1-4-16-14-17-9-10(2)13(18-14)19(3)12-8-6-5-7-11(12)15/h5-9H,4H2,1-3H3,(H,16,17,18). The summed E-state index contributed by atoms with van der Waals surface area (Å²) in [4.78, 5) is 10.3. The molecule has 2 aromatic rings. The Hall–Kier alpha value is -2.17. The first-order valence-corrected chi connectivity index (χ1v) is 6.19. The zero-order chi connectivity index (χ0) is 13.8. The number of anilines is 3. The zero-order valence-electron chi connectivity index (χ0n) is 11.3. The summed E-state index contributed by atoms with van der Waals surface area (Å²) >= 11 is 0. The highest BCUT2D eigenvalue weighted by molar-refractivity contribution is 5.63. The molecular weight excluding hydrogens is 243 g/mol. The quantitative estimate of drug-likeness (QED) is 0.917. The number of rotatable bonds is 4. The van der Waals surface area contributed by atoms with Gasteiger partial charge >= 0.3 is 0 Å². The number of para-hydroxylation sites is 1. The van der Waals surface area contributed by atoms with Gasteiger partial charge in [-0.3, -0.25) is 0 Å². The Balaban J connectivity index is 2.40. The predicted molar refractivity (Wildman–Crippen MR) is 75.4 cm³/mol. The molecule has 0 amide bonds. The smallest absolute Gasteiger partial charge is 0.224 e. The van der Waals surface area contributed by atoms with Gasteiger partial charge in [-0.1, -0.05) is 12.1 Å². The van der Waals surface area contributed by atoms with Crippen molar-refractivity contribution in [2.24, 2.45) is 0 Å². The fourth-order valence-corrected chi connectivity index (χ4v) is 1.85. The van der Waals surface area contributed by atoms with Crippen molar-refractivity contribution in [2.45, 2.75) is 13.8 Å². The predicted octanol–water partition coefficient (Wildman–Crippen LogP) is 3.12. The second-order valence-electron chi connectivity index (χ2n) is 4.24. The van der Waals surface area contributed by atoms with E-state index in [-0.39, 0.29) is 5.82 Å². The molecule has 0 saturated heterocycles. The molecule has 0 radical (unpaired) electrons. The average Bonchev–Trinajstić information content (AvgIpc) is 2.41. The number of aryl methyl sites for hydroxylation is 1. The van der Waals surface area contributed by atoms with Crippen LogP contribution in [0.1, 0.15) is 12.5 Å².